The Hall–Kier alpha value is -4.04. The molecule has 14 heteroatoms. The predicted molar refractivity (Wildman–Crippen MR) is 203 cm³/mol. The normalized spacial score (nSPS) is 22.3. The van der Waals surface area contributed by atoms with Crippen molar-refractivity contribution in [3.8, 4) is 0 Å². The molecule has 0 aliphatic heterocycles. The van der Waals surface area contributed by atoms with Gasteiger partial charge in [0.15, 0.2) is 0 Å². The number of para-hydroxylation sites is 1. The second kappa shape index (κ2) is 17.2. The third-order valence-corrected chi connectivity index (χ3v) is 11.7. The van der Waals surface area contributed by atoms with Gasteiger partial charge in [0.05, 0.1) is 34.6 Å². The van der Waals surface area contributed by atoms with Crippen molar-refractivity contribution in [2.24, 2.45) is 11.8 Å². The molecule has 5 atom stereocenters. The first-order valence-corrected chi connectivity index (χ1v) is 19.3. The number of benzene rings is 2. The van der Waals surface area contributed by atoms with Crippen LogP contribution in [0.3, 0.4) is 0 Å². The van der Waals surface area contributed by atoms with Crippen LogP contribution in [0.2, 0.25) is 0 Å². The standard InChI is InChI=1S/C40H51F4N5O4S/c1-5-22(3)33(47-32(51)20-24-10-7-8-13-30(24)41)36(52)49-39(19-18-31-28(21-39)27-11-9-12-29(35(27)46-31)40(42,43)44)38(53)48-34(23(4)6-2)37(54)45-25-14-16-26(50)17-15-25/h7-13,22-23,25-26,33-34,46,50H,5-6,14-21H2,1-4H3,(H,45,54)(H,47,51)(H,48,53)(H,49,52). The zero-order valence-electron chi connectivity index (χ0n) is 31.2. The van der Waals surface area contributed by atoms with Gasteiger partial charge in [-0.05, 0) is 73.6 Å². The lowest BCUT2D eigenvalue weighted by Gasteiger charge is -2.40. The number of hydrogen-bond donors (Lipinski definition) is 6. The molecule has 2 aliphatic carbocycles. The predicted octanol–water partition coefficient (Wildman–Crippen LogP) is 6.19. The highest BCUT2D eigenvalue weighted by molar-refractivity contribution is 7.80. The van der Waals surface area contributed by atoms with Crippen LogP contribution >= 0.6 is 12.2 Å². The van der Waals surface area contributed by atoms with Gasteiger partial charge >= 0.3 is 6.18 Å². The van der Waals surface area contributed by atoms with Crippen LogP contribution in [0, 0.1) is 17.7 Å². The van der Waals surface area contributed by atoms with Gasteiger partial charge in [0.25, 0.3) is 0 Å². The summed E-state index contributed by atoms with van der Waals surface area (Å²) >= 11 is 5.87. The van der Waals surface area contributed by atoms with Crippen molar-refractivity contribution in [3.63, 3.8) is 0 Å². The molecule has 294 valence electrons. The lowest BCUT2D eigenvalue weighted by atomic mass is 9.78. The summed E-state index contributed by atoms with van der Waals surface area (Å²) in [6.45, 7) is 7.56. The molecule has 0 spiro atoms. The van der Waals surface area contributed by atoms with Crippen molar-refractivity contribution in [3.05, 3.63) is 70.7 Å². The minimum absolute atomic E-state index is 0.0218. The fraction of sp³-hybridized carbons (Fsp3) is 0.550. The number of fused-ring (bicyclic) bond motifs is 3. The van der Waals surface area contributed by atoms with Gasteiger partial charge in [-0.2, -0.15) is 13.2 Å². The van der Waals surface area contributed by atoms with E-state index < -0.39 is 58.8 Å². The van der Waals surface area contributed by atoms with Crippen LogP contribution in [0.5, 0.6) is 0 Å². The van der Waals surface area contributed by atoms with Crippen molar-refractivity contribution in [1.29, 1.82) is 0 Å². The summed E-state index contributed by atoms with van der Waals surface area (Å²) in [5.74, 6) is -2.83. The Morgan fingerprint density at radius 3 is 2.28 bits per heavy atom. The van der Waals surface area contributed by atoms with Gasteiger partial charge in [0.2, 0.25) is 17.7 Å². The first kappa shape index (κ1) is 41.1. The zero-order valence-corrected chi connectivity index (χ0v) is 32.0. The molecule has 0 saturated heterocycles. The Morgan fingerprint density at radius 1 is 0.963 bits per heavy atom. The molecule has 3 amide bonds. The molecule has 6 N–H and O–H groups in total. The molecule has 1 fully saturated rings. The summed E-state index contributed by atoms with van der Waals surface area (Å²) in [7, 11) is 0. The Labute approximate surface area is 318 Å². The quantitative estimate of drug-likeness (QED) is 0.0906. The van der Waals surface area contributed by atoms with Crippen molar-refractivity contribution >= 4 is 45.8 Å². The van der Waals surface area contributed by atoms with E-state index in [1.54, 1.807) is 19.1 Å². The zero-order chi connectivity index (χ0) is 39.4. The fourth-order valence-corrected chi connectivity index (χ4v) is 8.07. The number of halogens is 4. The second-order valence-corrected chi connectivity index (χ2v) is 15.5. The molecule has 5 rings (SSSR count). The molecule has 54 heavy (non-hydrogen) atoms. The third-order valence-electron chi connectivity index (χ3n) is 11.4. The first-order valence-electron chi connectivity index (χ1n) is 18.9. The van der Waals surface area contributed by atoms with E-state index in [-0.39, 0.29) is 54.8 Å². The first-order chi connectivity index (χ1) is 25.6. The van der Waals surface area contributed by atoms with E-state index in [0.29, 0.717) is 60.2 Å². The van der Waals surface area contributed by atoms with Gasteiger partial charge in [-0.25, -0.2) is 4.39 Å². The van der Waals surface area contributed by atoms with E-state index in [2.05, 4.69) is 26.3 Å². The van der Waals surface area contributed by atoms with Crippen LogP contribution in [-0.2, 0) is 39.8 Å². The minimum atomic E-state index is -4.62. The number of aromatic nitrogens is 1. The number of carbonyl (C=O) groups is 3. The van der Waals surface area contributed by atoms with E-state index in [1.807, 2.05) is 20.8 Å². The highest BCUT2D eigenvalue weighted by Crippen LogP contribution is 2.40. The van der Waals surface area contributed by atoms with Gasteiger partial charge in [-0.1, -0.05) is 83.1 Å². The van der Waals surface area contributed by atoms with E-state index in [4.69, 9.17) is 12.2 Å². The fourth-order valence-electron chi connectivity index (χ4n) is 7.61. The summed E-state index contributed by atoms with van der Waals surface area (Å²) in [5.41, 5.74) is -1.35. The van der Waals surface area contributed by atoms with Gasteiger partial charge in [0.1, 0.15) is 17.4 Å². The molecule has 2 aromatic carbocycles. The number of alkyl halides is 3. The summed E-state index contributed by atoms with van der Waals surface area (Å²) < 4.78 is 56.7. The summed E-state index contributed by atoms with van der Waals surface area (Å²) in [4.78, 5) is 45.8. The maximum atomic E-state index is 14.8. The maximum absolute atomic E-state index is 14.8. The second-order valence-electron chi connectivity index (χ2n) is 15.1. The van der Waals surface area contributed by atoms with Crippen LogP contribution in [0.15, 0.2) is 42.5 Å². The molecule has 9 nitrogen and oxygen atoms in total. The molecule has 3 aromatic rings. The third kappa shape index (κ3) is 9.24. The number of thiocarbonyl (C=S) groups is 1. The average Bonchev–Trinajstić information content (AvgIpc) is 3.51. The number of amides is 3. The minimum Gasteiger partial charge on any atom is -0.393 e. The van der Waals surface area contributed by atoms with Crippen LogP contribution in [0.1, 0.15) is 95.0 Å². The van der Waals surface area contributed by atoms with Gasteiger partial charge in [-0.15, -0.1) is 0 Å². The lowest BCUT2D eigenvalue weighted by molar-refractivity contribution is -0.137. The number of hydrogen-bond acceptors (Lipinski definition) is 5. The van der Waals surface area contributed by atoms with Crippen LogP contribution in [0.25, 0.3) is 10.9 Å². The van der Waals surface area contributed by atoms with E-state index in [1.165, 1.54) is 24.3 Å². The average molecular weight is 774 g/mol. The molecule has 5 unspecified atom stereocenters. The van der Waals surface area contributed by atoms with Gasteiger partial charge in [-0.3, -0.25) is 14.4 Å². The Bertz CT molecular complexity index is 1840. The summed E-state index contributed by atoms with van der Waals surface area (Å²) in [6.07, 6.45) is -1.36. The molecule has 1 aromatic heterocycles. The largest absolute Gasteiger partial charge is 0.418 e. The van der Waals surface area contributed by atoms with Gasteiger partial charge < -0.3 is 31.4 Å². The monoisotopic (exact) mass is 773 g/mol. The number of carbonyl (C=O) groups excluding carboxylic acids is 3. The number of aliphatic hydroxyl groups is 1. The molecular weight excluding hydrogens is 723 g/mol. The van der Waals surface area contributed by atoms with Gasteiger partial charge in [0, 0.05) is 23.5 Å². The molecule has 0 radical (unpaired) electrons. The number of aliphatic hydroxyl groups excluding tert-OH is 1. The maximum Gasteiger partial charge on any atom is 0.418 e. The highest BCUT2D eigenvalue weighted by atomic mass is 32.1. The number of rotatable bonds is 13. The number of H-pyrrole nitrogens is 1. The van der Waals surface area contributed by atoms with Crippen molar-refractivity contribution in [1.82, 2.24) is 26.3 Å². The Balaban J connectivity index is 1.49. The summed E-state index contributed by atoms with van der Waals surface area (Å²) in [5, 5.41) is 22.6. The topological polar surface area (TPSA) is 135 Å². The molecular formula is C40H51F4N5O4S. The van der Waals surface area contributed by atoms with Crippen LogP contribution in [-0.4, -0.2) is 62.6 Å². The number of aryl methyl sites for hydroxylation is 1. The van der Waals surface area contributed by atoms with Crippen molar-refractivity contribution in [2.45, 2.75) is 128 Å². The van der Waals surface area contributed by atoms with E-state index in [0.717, 1.165) is 6.07 Å². The molecule has 1 saturated carbocycles. The lowest BCUT2D eigenvalue weighted by Crippen LogP contribution is -2.67. The smallest absolute Gasteiger partial charge is 0.393 e. The SMILES string of the molecule is CCC(C)C(NC(=O)Cc1ccccc1F)C(=O)NC1(C(=O)NC(C(=S)NC2CCC(O)CC2)C(C)CC)CCc2[nH]c3c(C(F)(F)F)cccc3c2C1. The summed E-state index contributed by atoms with van der Waals surface area (Å²) in [6, 6.07) is 8.05. The highest BCUT2D eigenvalue weighted by Gasteiger charge is 2.47. The molecule has 2 aliphatic rings. The van der Waals surface area contributed by atoms with Crippen molar-refractivity contribution in [2.75, 3.05) is 0 Å². The number of aromatic amines is 1. The van der Waals surface area contributed by atoms with Crippen LogP contribution < -0.4 is 21.3 Å². The van der Waals surface area contributed by atoms with E-state index >= 15 is 0 Å². The Kier molecular flexibility index (Phi) is 13.1. The van der Waals surface area contributed by atoms with Crippen molar-refractivity contribution < 1.29 is 37.1 Å². The molecule has 1 heterocycles. The van der Waals surface area contributed by atoms with E-state index in [9.17, 15) is 37.1 Å². The molecule has 0 bridgehead atoms. The van der Waals surface area contributed by atoms with Crippen LogP contribution in [0.4, 0.5) is 17.6 Å². The number of nitrogens with one attached hydrogen (secondary N) is 5. The Morgan fingerprint density at radius 2 is 1.63 bits per heavy atom.